The number of halogens is 1. The van der Waals surface area contributed by atoms with Crippen molar-refractivity contribution in [3.63, 3.8) is 0 Å². The first-order valence-corrected chi connectivity index (χ1v) is 8.31. The Morgan fingerprint density at radius 1 is 1.47 bits per heavy atom. The summed E-state index contributed by atoms with van der Waals surface area (Å²) in [6.07, 6.45) is 3.36. The van der Waals surface area contributed by atoms with Gasteiger partial charge in [-0.3, -0.25) is 0 Å². The van der Waals surface area contributed by atoms with Crippen molar-refractivity contribution in [3.05, 3.63) is 28.8 Å². The van der Waals surface area contributed by atoms with Gasteiger partial charge in [-0.2, -0.15) is 0 Å². The van der Waals surface area contributed by atoms with Gasteiger partial charge in [0, 0.05) is 12.6 Å². The van der Waals surface area contributed by atoms with Gasteiger partial charge in [-0.05, 0) is 43.4 Å². The lowest BCUT2D eigenvalue weighted by Crippen LogP contribution is -2.40. The van der Waals surface area contributed by atoms with E-state index in [2.05, 4.69) is 4.72 Å². The summed E-state index contributed by atoms with van der Waals surface area (Å²) in [5.74, 6) is 0.442. The Hall–Kier alpha value is -0.620. The SMILES string of the molecule is CC(NS(=O)(=O)c1ccc(CN)cc1Cl)C1CCC1. The monoisotopic (exact) mass is 302 g/mol. The largest absolute Gasteiger partial charge is 0.326 e. The van der Waals surface area contributed by atoms with Crippen molar-refractivity contribution in [2.75, 3.05) is 0 Å². The lowest BCUT2D eigenvalue weighted by Gasteiger charge is -2.31. The molecule has 1 atom stereocenters. The molecule has 3 N–H and O–H groups in total. The first kappa shape index (κ1) is 14.8. The molecular weight excluding hydrogens is 284 g/mol. The minimum absolute atomic E-state index is 0.0519. The molecule has 0 radical (unpaired) electrons. The van der Waals surface area contributed by atoms with Gasteiger partial charge >= 0.3 is 0 Å². The Morgan fingerprint density at radius 2 is 2.16 bits per heavy atom. The number of benzene rings is 1. The zero-order valence-electron chi connectivity index (χ0n) is 10.9. The van der Waals surface area contributed by atoms with E-state index in [0.29, 0.717) is 12.5 Å². The molecule has 1 aromatic carbocycles. The van der Waals surface area contributed by atoms with Gasteiger partial charge in [0.1, 0.15) is 4.90 Å². The Bertz CT molecular complexity index is 556. The number of rotatable bonds is 5. The molecule has 4 nitrogen and oxygen atoms in total. The minimum atomic E-state index is -3.56. The lowest BCUT2D eigenvalue weighted by atomic mass is 9.81. The van der Waals surface area contributed by atoms with Crippen LogP contribution in [0.1, 0.15) is 31.7 Å². The third-order valence-electron chi connectivity index (χ3n) is 3.72. The summed E-state index contributed by atoms with van der Waals surface area (Å²) in [4.78, 5) is 0.123. The van der Waals surface area contributed by atoms with E-state index in [4.69, 9.17) is 17.3 Å². The summed E-state index contributed by atoms with van der Waals surface area (Å²) in [5.41, 5.74) is 6.32. The van der Waals surface area contributed by atoms with Gasteiger partial charge in [0.2, 0.25) is 10.0 Å². The van der Waals surface area contributed by atoms with E-state index in [9.17, 15) is 8.42 Å². The highest BCUT2D eigenvalue weighted by molar-refractivity contribution is 7.89. The van der Waals surface area contributed by atoms with Crippen LogP contribution in [0.2, 0.25) is 5.02 Å². The summed E-state index contributed by atoms with van der Waals surface area (Å²) in [6, 6.07) is 4.75. The molecule has 0 spiro atoms. The predicted molar refractivity (Wildman–Crippen MR) is 76.5 cm³/mol. The zero-order chi connectivity index (χ0) is 14.0. The van der Waals surface area contributed by atoms with Crippen LogP contribution in [0, 0.1) is 5.92 Å². The molecule has 1 fully saturated rings. The second-order valence-corrected chi connectivity index (χ2v) is 7.16. The van der Waals surface area contributed by atoms with Crippen LogP contribution in [0.5, 0.6) is 0 Å². The quantitative estimate of drug-likeness (QED) is 0.876. The van der Waals surface area contributed by atoms with Crippen LogP contribution < -0.4 is 10.5 Å². The summed E-state index contributed by atoms with van der Waals surface area (Å²) < 4.78 is 27.3. The van der Waals surface area contributed by atoms with E-state index in [1.54, 1.807) is 12.1 Å². The van der Waals surface area contributed by atoms with Crippen molar-refractivity contribution in [2.24, 2.45) is 11.7 Å². The van der Waals surface area contributed by atoms with Crippen LogP contribution in [0.3, 0.4) is 0 Å². The van der Waals surface area contributed by atoms with E-state index >= 15 is 0 Å². The highest BCUT2D eigenvalue weighted by atomic mass is 35.5. The number of hydrogen-bond acceptors (Lipinski definition) is 3. The first-order chi connectivity index (χ1) is 8.94. The van der Waals surface area contributed by atoms with Crippen LogP contribution in [0.4, 0.5) is 0 Å². The molecule has 1 aliphatic carbocycles. The highest BCUT2D eigenvalue weighted by Gasteiger charge is 2.28. The van der Waals surface area contributed by atoms with Crippen molar-refractivity contribution in [1.29, 1.82) is 0 Å². The zero-order valence-corrected chi connectivity index (χ0v) is 12.5. The molecule has 0 saturated heterocycles. The maximum atomic E-state index is 12.3. The number of nitrogens with one attached hydrogen (secondary N) is 1. The molecule has 2 rings (SSSR count). The standard InChI is InChI=1S/C13H19ClN2O2S/c1-9(11-3-2-4-11)16-19(17,18)13-6-5-10(8-15)7-12(13)14/h5-7,9,11,16H,2-4,8,15H2,1H3. The van der Waals surface area contributed by atoms with Crippen molar-refractivity contribution in [3.8, 4) is 0 Å². The Morgan fingerprint density at radius 3 is 2.63 bits per heavy atom. The average molecular weight is 303 g/mol. The molecule has 0 heterocycles. The number of sulfonamides is 1. The molecule has 1 aliphatic rings. The van der Waals surface area contributed by atoms with Gasteiger partial charge in [0.05, 0.1) is 5.02 Å². The van der Waals surface area contributed by atoms with Crippen LogP contribution >= 0.6 is 11.6 Å². The number of hydrogen-bond donors (Lipinski definition) is 2. The molecule has 1 saturated carbocycles. The van der Waals surface area contributed by atoms with Crippen LogP contribution in [-0.2, 0) is 16.6 Å². The Balaban J connectivity index is 2.18. The fourth-order valence-electron chi connectivity index (χ4n) is 2.23. The second kappa shape index (κ2) is 5.79. The molecule has 0 aromatic heterocycles. The fraction of sp³-hybridized carbons (Fsp3) is 0.538. The molecule has 19 heavy (non-hydrogen) atoms. The van der Waals surface area contributed by atoms with Crippen LogP contribution in [-0.4, -0.2) is 14.5 Å². The Kier molecular flexibility index (Phi) is 4.50. The van der Waals surface area contributed by atoms with Gasteiger partial charge in [0.25, 0.3) is 0 Å². The average Bonchev–Trinajstić information content (AvgIpc) is 2.24. The summed E-state index contributed by atoms with van der Waals surface area (Å²) in [5, 5.41) is 0.219. The number of nitrogens with two attached hydrogens (primary N) is 1. The smallest absolute Gasteiger partial charge is 0.242 e. The van der Waals surface area contributed by atoms with Crippen LogP contribution in [0.25, 0.3) is 0 Å². The van der Waals surface area contributed by atoms with Gasteiger partial charge in [0.15, 0.2) is 0 Å². The van der Waals surface area contributed by atoms with Crippen LogP contribution in [0.15, 0.2) is 23.1 Å². The molecule has 6 heteroatoms. The van der Waals surface area contributed by atoms with E-state index in [0.717, 1.165) is 18.4 Å². The highest BCUT2D eigenvalue weighted by Crippen LogP contribution is 2.31. The first-order valence-electron chi connectivity index (χ1n) is 6.45. The van der Waals surface area contributed by atoms with Gasteiger partial charge in [-0.15, -0.1) is 0 Å². The maximum Gasteiger partial charge on any atom is 0.242 e. The van der Waals surface area contributed by atoms with Crippen molar-refractivity contribution < 1.29 is 8.42 Å². The van der Waals surface area contributed by atoms with Crippen molar-refractivity contribution >= 4 is 21.6 Å². The Labute approximate surface area is 119 Å². The molecule has 106 valence electrons. The lowest BCUT2D eigenvalue weighted by molar-refractivity contribution is 0.260. The van der Waals surface area contributed by atoms with Gasteiger partial charge in [-0.25, -0.2) is 13.1 Å². The summed E-state index contributed by atoms with van der Waals surface area (Å²) in [7, 11) is -3.56. The van der Waals surface area contributed by atoms with Gasteiger partial charge in [-0.1, -0.05) is 24.1 Å². The van der Waals surface area contributed by atoms with E-state index < -0.39 is 10.0 Å². The van der Waals surface area contributed by atoms with E-state index in [-0.39, 0.29) is 16.0 Å². The normalized spacial score (nSPS) is 18.1. The second-order valence-electron chi connectivity index (χ2n) is 5.07. The molecule has 0 bridgehead atoms. The minimum Gasteiger partial charge on any atom is -0.326 e. The molecule has 0 aliphatic heterocycles. The predicted octanol–water partition coefficient (Wildman–Crippen LogP) is 2.27. The third-order valence-corrected chi connectivity index (χ3v) is 5.76. The molecule has 1 unspecified atom stereocenters. The summed E-state index contributed by atoms with van der Waals surface area (Å²) >= 11 is 6.03. The molecule has 1 aromatic rings. The fourth-order valence-corrected chi connectivity index (χ4v) is 4.11. The molecule has 0 amide bonds. The third kappa shape index (κ3) is 3.28. The maximum absolute atomic E-state index is 12.3. The van der Waals surface area contributed by atoms with Gasteiger partial charge < -0.3 is 5.73 Å². The van der Waals surface area contributed by atoms with Crippen molar-refractivity contribution in [1.82, 2.24) is 4.72 Å². The summed E-state index contributed by atoms with van der Waals surface area (Å²) in [6.45, 7) is 2.25. The van der Waals surface area contributed by atoms with E-state index in [1.807, 2.05) is 6.92 Å². The van der Waals surface area contributed by atoms with Crippen molar-refractivity contribution in [2.45, 2.75) is 43.7 Å². The topological polar surface area (TPSA) is 72.2 Å². The van der Waals surface area contributed by atoms with E-state index in [1.165, 1.54) is 12.5 Å². The molecular formula is C13H19ClN2O2S.